The van der Waals surface area contributed by atoms with Crippen LogP contribution in [0.1, 0.15) is 5.56 Å². The number of furan rings is 1. The third kappa shape index (κ3) is 3.08. The number of benzene rings is 1. The molecule has 0 saturated carbocycles. The Labute approximate surface area is 134 Å². The third-order valence-electron chi connectivity index (χ3n) is 3.60. The van der Waals surface area contributed by atoms with Gasteiger partial charge in [-0.3, -0.25) is 10.4 Å². The first-order valence-corrected chi connectivity index (χ1v) is 7.23. The second kappa shape index (κ2) is 5.96. The molecule has 0 saturated heterocycles. The monoisotopic (exact) mass is 306 g/mol. The highest BCUT2D eigenvalue weighted by Crippen LogP contribution is 2.28. The second-order valence-corrected chi connectivity index (χ2v) is 5.45. The van der Waals surface area contributed by atoms with Crippen molar-refractivity contribution in [3.8, 4) is 22.8 Å². The zero-order valence-corrected chi connectivity index (χ0v) is 13.1. The number of amidine groups is 1. The van der Waals surface area contributed by atoms with Crippen LogP contribution in [0.5, 0.6) is 0 Å². The van der Waals surface area contributed by atoms with Crippen LogP contribution in [0.3, 0.4) is 0 Å². The SMILES string of the molecule is CN(C)c1ccc(-c2ccc(-c3ccc(C(=N)N)cn3)o2)cc1. The van der Waals surface area contributed by atoms with E-state index in [1.54, 1.807) is 18.3 Å². The van der Waals surface area contributed by atoms with E-state index < -0.39 is 0 Å². The highest BCUT2D eigenvalue weighted by atomic mass is 16.3. The number of rotatable bonds is 4. The number of nitrogen functional groups attached to an aromatic ring is 1. The summed E-state index contributed by atoms with van der Waals surface area (Å²) < 4.78 is 5.90. The van der Waals surface area contributed by atoms with Crippen LogP contribution in [0.2, 0.25) is 0 Å². The molecule has 3 aromatic rings. The highest BCUT2D eigenvalue weighted by Gasteiger charge is 2.09. The van der Waals surface area contributed by atoms with E-state index in [-0.39, 0.29) is 5.84 Å². The van der Waals surface area contributed by atoms with Crippen molar-refractivity contribution in [2.24, 2.45) is 5.73 Å². The number of nitrogens with one attached hydrogen (secondary N) is 1. The Morgan fingerprint density at radius 3 is 2.26 bits per heavy atom. The molecule has 2 aromatic heterocycles. The molecule has 116 valence electrons. The summed E-state index contributed by atoms with van der Waals surface area (Å²) >= 11 is 0. The third-order valence-corrected chi connectivity index (χ3v) is 3.60. The van der Waals surface area contributed by atoms with Gasteiger partial charge in [0.15, 0.2) is 5.76 Å². The van der Waals surface area contributed by atoms with Crippen LogP contribution in [0.4, 0.5) is 5.69 Å². The molecule has 1 aromatic carbocycles. The minimum atomic E-state index is 0.00478. The standard InChI is InChI=1S/C18H18N4O/c1-22(2)14-6-3-12(4-7-14)16-9-10-17(23-16)15-8-5-13(11-21-15)18(19)20/h3-11H,1-2H3,(H3,19,20). The van der Waals surface area contributed by atoms with E-state index in [1.807, 2.05) is 38.4 Å². The van der Waals surface area contributed by atoms with Gasteiger partial charge in [0.25, 0.3) is 0 Å². The molecule has 3 rings (SSSR count). The van der Waals surface area contributed by atoms with Gasteiger partial charge in [0.05, 0.1) is 0 Å². The van der Waals surface area contributed by atoms with E-state index in [0.29, 0.717) is 17.0 Å². The van der Waals surface area contributed by atoms with Crippen molar-refractivity contribution in [1.29, 1.82) is 5.41 Å². The minimum absolute atomic E-state index is 0.00478. The van der Waals surface area contributed by atoms with Crippen LogP contribution in [-0.4, -0.2) is 24.9 Å². The van der Waals surface area contributed by atoms with Crippen molar-refractivity contribution < 1.29 is 4.42 Å². The number of hydrogen-bond donors (Lipinski definition) is 2. The Hall–Kier alpha value is -3.08. The Morgan fingerprint density at radius 2 is 1.70 bits per heavy atom. The molecule has 0 aliphatic carbocycles. The molecule has 0 unspecified atom stereocenters. The first-order chi connectivity index (χ1) is 11.0. The summed E-state index contributed by atoms with van der Waals surface area (Å²) in [5, 5.41) is 7.39. The Balaban J connectivity index is 1.86. The van der Waals surface area contributed by atoms with E-state index in [4.69, 9.17) is 15.6 Å². The van der Waals surface area contributed by atoms with Gasteiger partial charge in [-0.25, -0.2) is 0 Å². The molecule has 3 N–H and O–H groups in total. The average Bonchev–Trinajstić information content (AvgIpc) is 3.05. The van der Waals surface area contributed by atoms with Crippen molar-refractivity contribution in [3.05, 3.63) is 60.3 Å². The first kappa shape index (κ1) is 14.8. The van der Waals surface area contributed by atoms with Crippen molar-refractivity contribution in [2.75, 3.05) is 19.0 Å². The van der Waals surface area contributed by atoms with E-state index in [2.05, 4.69) is 22.0 Å². The fourth-order valence-corrected chi connectivity index (χ4v) is 2.25. The summed E-state index contributed by atoms with van der Waals surface area (Å²) in [6.07, 6.45) is 1.58. The molecule has 0 bridgehead atoms. The average molecular weight is 306 g/mol. The molecule has 23 heavy (non-hydrogen) atoms. The molecule has 2 heterocycles. The number of nitrogens with two attached hydrogens (primary N) is 1. The van der Waals surface area contributed by atoms with Crippen LogP contribution >= 0.6 is 0 Å². The van der Waals surface area contributed by atoms with E-state index >= 15 is 0 Å². The Morgan fingerprint density at radius 1 is 1.00 bits per heavy atom. The van der Waals surface area contributed by atoms with E-state index in [1.165, 1.54) is 0 Å². The summed E-state index contributed by atoms with van der Waals surface area (Å²) in [5.41, 5.74) is 8.90. The topological polar surface area (TPSA) is 79.1 Å². The Bertz CT molecular complexity index is 817. The smallest absolute Gasteiger partial charge is 0.153 e. The predicted octanol–water partition coefficient (Wildman–Crippen LogP) is 3.36. The lowest BCUT2D eigenvalue weighted by Gasteiger charge is -2.12. The lowest BCUT2D eigenvalue weighted by molar-refractivity contribution is 0.595. The summed E-state index contributed by atoms with van der Waals surface area (Å²) in [4.78, 5) is 6.35. The van der Waals surface area contributed by atoms with Gasteiger partial charge in [0.1, 0.15) is 17.3 Å². The van der Waals surface area contributed by atoms with Gasteiger partial charge in [-0.15, -0.1) is 0 Å². The zero-order chi connectivity index (χ0) is 16.4. The van der Waals surface area contributed by atoms with Gasteiger partial charge >= 0.3 is 0 Å². The molecule has 5 nitrogen and oxygen atoms in total. The van der Waals surface area contributed by atoms with Gasteiger partial charge in [0.2, 0.25) is 0 Å². The molecule has 0 spiro atoms. The molecule has 0 radical (unpaired) electrons. The first-order valence-electron chi connectivity index (χ1n) is 7.23. The fourth-order valence-electron chi connectivity index (χ4n) is 2.25. The number of aromatic nitrogens is 1. The van der Waals surface area contributed by atoms with Crippen LogP contribution < -0.4 is 10.6 Å². The van der Waals surface area contributed by atoms with Crippen LogP contribution in [0.15, 0.2) is 59.1 Å². The molecular weight excluding hydrogens is 288 g/mol. The summed E-state index contributed by atoms with van der Waals surface area (Å²) in [6, 6.07) is 15.6. The predicted molar refractivity (Wildman–Crippen MR) is 92.7 cm³/mol. The van der Waals surface area contributed by atoms with Gasteiger partial charge in [-0.1, -0.05) is 0 Å². The number of anilines is 1. The van der Waals surface area contributed by atoms with Crippen molar-refractivity contribution >= 4 is 11.5 Å². The number of nitrogens with zero attached hydrogens (tertiary/aromatic N) is 2. The Kier molecular flexibility index (Phi) is 3.85. The molecule has 0 fully saturated rings. The largest absolute Gasteiger partial charge is 0.454 e. The van der Waals surface area contributed by atoms with Crippen molar-refractivity contribution in [2.45, 2.75) is 0 Å². The second-order valence-electron chi connectivity index (χ2n) is 5.45. The lowest BCUT2D eigenvalue weighted by atomic mass is 10.1. The van der Waals surface area contributed by atoms with Gasteiger partial charge in [-0.2, -0.15) is 0 Å². The van der Waals surface area contributed by atoms with Crippen molar-refractivity contribution in [3.63, 3.8) is 0 Å². The maximum atomic E-state index is 7.39. The van der Waals surface area contributed by atoms with Gasteiger partial charge < -0.3 is 15.1 Å². The zero-order valence-electron chi connectivity index (χ0n) is 13.1. The molecular formula is C18H18N4O. The van der Waals surface area contributed by atoms with Crippen molar-refractivity contribution in [1.82, 2.24) is 4.98 Å². The van der Waals surface area contributed by atoms with E-state index in [0.717, 1.165) is 17.0 Å². The number of hydrogen-bond acceptors (Lipinski definition) is 4. The lowest BCUT2D eigenvalue weighted by Crippen LogP contribution is -2.11. The maximum absolute atomic E-state index is 7.39. The quantitative estimate of drug-likeness (QED) is 0.572. The highest BCUT2D eigenvalue weighted by molar-refractivity contribution is 5.94. The van der Waals surface area contributed by atoms with Crippen LogP contribution in [0, 0.1) is 5.41 Å². The fraction of sp³-hybridized carbons (Fsp3) is 0.111. The summed E-state index contributed by atoms with van der Waals surface area (Å²) in [6.45, 7) is 0. The normalized spacial score (nSPS) is 10.5. The summed E-state index contributed by atoms with van der Waals surface area (Å²) in [7, 11) is 4.02. The van der Waals surface area contributed by atoms with Gasteiger partial charge in [-0.05, 0) is 48.5 Å². The molecule has 0 aliphatic rings. The maximum Gasteiger partial charge on any atom is 0.153 e. The number of pyridine rings is 1. The molecule has 0 aliphatic heterocycles. The minimum Gasteiger partial charge on any atom is -0.454 e. The van der Waals surface area contributed by atoms with Crippen LogP contribution in [-0.2, 0) is 0 Å². The molecule has 0 atom stereocenters. The summed E-state index contributed by atoms with van der Waals surface area (Å²) in [5.74, 6) is 1.49. The van der Waals surface area contributed by atoms with E-state index in [9.17, 15) is 0 Å². The van der Waals surface area contributed by atoms with Crippen LogP contribution in [0.25, 0.3) is 22.8 Å². The molecule has 0 amide bonds. The molecule has 5 heteroatoms. The van der Waals surface area contributed by atoms with Gasteiger partial charge in [0, 0.05) is 37.1 Å².